The average Bonchev–Trinajstić information content (AvgIpc) is 2.26. The fourth-order valence-electron chi connectivity index (χ4n) is 1.13. The highest BCUT2D eigenvalue weighted by Gasteiger charge is 2.13. The molecule has 0 aliphatic carbocycles. The van der Waals surface area contributed by atoms with Crippen LogP contribution < -0.4 is 0 Å². The zero-order chi connectivity index (χ0) is 11.4. The topological polar surface area (TPSA) is 18.5 Å². The fraction of sp³-hybridized carbons (Fsp3) is 0.400. The van der Waals surface area contributed by atoms with Crippen LogP contribution in [0.3, 0.4) is 0 Å². The van der Waals surface area contributed by atoms with Crippen molar-refractivity contribution in [3.05, 3.63) is 34.3 Å². The van der Waals surface area contributed by atoms with E-state index in [9.17, 15) is 0 Å². The molecule has 2 unspecified atom stereocenters. The minimum Gasteiger partial charge on any atom is -0.365 e. The van der Waals surface area contributed by atoms with E-state index in [4.69, 9.17) is 21.1 Å². The average molecular weight is 358 g/mol. The van der Waals surface area contributed by atoms with Crippen molar-refractivity contribution >= 4 is 43.5 Å². The van der Waals surface area contributed by atoms with E-state index < -0.39 is 0 Å². The maximum Gasteiger partial charge on any atom is 0.138 e. The molecule has 1 rings (SSSR count). The van der Waals surface area contributed by atoms with E-state index in [1.807, 2.05) is 18.2 Å². The van der Waals surface area contributed by atoms with E-state index in [2.05, 4.69) is 31.9 Å². The van der Waals surface area contributed by atoms with Crippen LogP contribution in [0.2, 0.25) is 5.02 Å². The molecule has 15 heavy (non-hydrogen) atoms. The highest BCUT2D eigenvalue weighted by atomic mass is 79.9. The standard InChI is InChI=1S/C10H11Br2ClO2/c1-14-9(11)6-3-4-7(8(13)5-6)10(12)15-2/h3-5,9-10H,1-2H3. The van der Waals surface area contributed by atoms with Gasteiger partial charge in [-0.05, 0) is 11.6 Å². The molecule has 0 fully saturated rings. The third-order valence-electron chi connectivity index (χ3n) is 1.94. The molecule has 0 spiro atoms. The third-order valence-corrected chi connectivity index (χ3v) is 4.04. The molecule has 0 aromatic heterocycles. The highest BCUT2D eigenvalue weighted by Crippen LogP contribution is 2.33. The van der Waals surface area contributed by atoms with Crippen molar-refractivity contribution in [2.45, 2.75) is 10.0 Å². The van der Waals surface area contributed by atoms with E-state index in [1.54, 1.807) is 14.2 Å². The van der Waals surface area contributed by atoms with Crippen LogP contribution in [0.15, 0.2) is 18.2 Å². The van der Waals surface area contributed by atoms with Crippen LogP contribution in [-0.2, 0) is 9.47 Å². The lowest BCUT2D eigenvalue weighted by Crippen LogP contribution is -1.97. The molecule has 0 aliphatic rings. The van der Waals surface area contributed by atoms with Gasteiger partial charge in [-0.2, -0.15) is 0 Å². The van der Waals surface area contributed by atoms with Crippen molar-refractivity contribution in [1.29, 1.82) is 0 Å². The van der Waals surface area contributed by atoms with Gasteiger partial charge in [-0.25, -0.2) is 0 Å². The molecule has 0 saturated carbocycles. The van der Waals surface area contributed by atoms with Gasteiger partial charge in [-0.3, -0.25) is 0 Å². The highest BCUT2D eigenvalue weighted by molar-refractivity contribution is 9.09. The summed E-state index contributed by atoms with van der Waals surface area (Å²) in [6, 6.07) is 5.71. The zero-order valence-electron chi connectivity index (χ0n) is 8.34. The van der Waals surface area contributed by atoms with Gasteiger partial charge < -0.3 is 9.47 Å². The first-order valence-corrected chi connectivity index (χ1v) is 6.44. The van der Waals surface area contributed by atoms with Crippen molar-refractivity contribution in [3.63, 3.8) is 0 Å². The van der Waals surface area contributed by atoms with Gasteiger partial charge in [0.15, 0.2) is 0 Å². The SMILES string of the molecule is COC(Br)c1ccc(C(Br)OC)c(Cl)c1. The second kappa shape index (κ2) is 6.21. The summed E-state index contributed by atoms with van der Waals surface area (Å²) in [6.45, 7) is 0. The van der Waals surface area contributed by atoms with Gasteiger partial charge >= 0.3 is 0 Å². The molecule has 5 heteroatoms. The summed E-state index contributed by atoms with van der Waals surface area (Å²) in [5.41, 5.74) is 1.88. The Bertz CT molecular complexity index is 333. The maximum atomic E-state index is 6.12. The van der Waals surface area contributed by atoms with Gasteiger partial charge in [0.05, 0.1) is 0 Å². The molecule has 1 aromatic rings. The molecular weight excluding hydrogens is 347 g/mol. The maximum absolute atomic E-state index is 6.12. The Morgan fingerprint density at radius 2 is 1.73 bits per heavy atom. The van der Waals surface area contributed by atoms with Crippen LogP contribution in [-0.4, -0.2) is 14.2 Å². The summed E-state index contributed by atoms with van der Waals surface area (Å²) in [5, 5.41) is 0.327. The first-order chi connectivity index (χ1) is 7.10. The number of halogens is 3. The third kappa shape index (κ3) is 3.43. The van der Waals surface area contributed by atoms with E-state index in [0.717, 1.165) is 11.1 Å². The fourth-order valence-corrected chi connectivity index (χ4v) is 2.24. The van der Waals surface area contributed by atoms with Crippen molar-refractivity contribution in [3.8, 4) is 0 Å². The van der Waals surface area contributed by atoms with Crippen LogP contribution in [0.1, 0.15) is 21.2 Å². The Balaban J connectivity index is 2.97. The largest absolute Gasteiger partial charge is 0.365 e. The molecular formula is C10H11Br2ClO2. The molecule has 2 nitrogen and oxygen atoms in total. The van der Waals surface area contributed by atoms with E-state index in [1.165, 1.54) is 0 Å². The van der Waals surface area contributed by atoms with Crippen LogP contribution in [0.5, 0.6) is 0 Å². The van der Waals surface area contributed by atoms with Gasteiger partial charge in [0.2, 0.25) is 0 Å². The molecule has 0 N–H and O–H groups in total. The first kappa shape index (κ1) is 13.5. The van der Waals surface area contributed by atoms with Gasteiger partial charge in [0.1, 0.15) is 10.0 Å². The van der Waals surface area contributed by atoms with Crippen molar-refractivity contribution < 1.29 is 9.47 Å². The molecule has 0 aliphatic heterocycles. The van der Waals surface area contributed by atoms with Gasteiger partial charge in [0, 0.05) is 24.8 Å². The lowest BCUT2D eigenvalue weighted by atomic mass is 10.1. The molecule has 0 bridgehead atoms. The summed E-state index contributed by atoms with van der Waals surface area (Å²) in [4.78, 5) is 0. The van der Waals surface area contributed by atoms with Crippen LogP contribution in [0.4, 0.5) is 0 Å². The Hall–Kier alpha value is 0.390. The molecule has 1 aromatic carbocycles. The van der Waals surface area contributed by atoms with Crippen molar-refractivity contribution in [2.24, 2.45) is 0 Å². The summed E-state index contributed by atoms with van der Waals surface area (Å²) in [7, 11) is 3.25. The number of ether oxygens (including phenoxy) is 2. The van der Waals surface area contributed by atoms with Crippen molar-refractivity contribution in [2.75, 3.05) is 14.2 Å². The Morgan fingerprint density at radius 3 is 2.20 bits per heavy atom. The van der Waals surface area contributed by atoms with Gasteiger partial charge in [-0.1, -0.05) is 55.6 Å². The van der Waals surface area contributed by atoms with Crippen LogP contribution in [0.25, 0.3) is 0 Å². The minimum absolute atomic E-state index is 0.139. The molecule has 0 amide bonds. The number of alkyl halides is 2. The quantitative estimate of drug-likeness (QED) is 0.742. The summed E-state index contributed by atoms with van der Waals surface area (Å²) < 4.78 is 10.3. The van der Waals surface area contributed by atoms with E-state index in [0.29, 0.717) is 5.02 Å². The molecule has 0 radical (unpaired) electrons. The van der Waals surface area contributed by atoms with Crippen molar-refractivity contribution in [1.82, 2.24) is 0 Å². The monoisotopic (exact) mass is 356 g/mol. The summed E-state index contributed by atoms with van der Waals surface area (Å²) in [6.07, 6.45) is 0. The number of hydrogen-bond acceptors (Lipinski definition) is 2. The number of rotatable bonds is 4. The summed E-state index contributed by atoms with van der Waals surface area (Å²) in [5.74, 6) is 0. The smallest absolute Gasteiger partial charge is 0.138 e. The number of hydrogen-bond donors (Lipinski definition) is 0. The normalized spacial score (nSPS) is 15.0. The van der Waals surface area contributed by atoms with Crippen LogP contribution in [0, 0.1) is 0 Å². The van der Waals surface area contributed by atoms with Gasteiger partial charge in [-0.15, -0.1) is 0 Å². The number of methoxy groups -OCH3 is 2. The lowest BCUT2D eigenvalue weighted by Gasteiger charge is -2.13. The second-order valence-corrected chi connectivity index (χ2v) is 4.95. The summed E-state index contributed by atoms with van der Waals surface area (Å²) >= 11 is 12.9. The molecule has 84 valence electrons. The van der Waals surface area contributed by atoms with Gasteiger partial charge in [0.25, 0.3) is 0 Å². The first-order valence-electron chi connectivity index (χ1n) is 4.23. The second-order valence-electron chi connectivity index (χ2n) is 2.88. The van der Waals surface area contributed by atoms with E-state index >= 15 is 0 Å². The predicted octanol–water partition coefficient (Wildman–Crippen LogP) is 4.42. The predicted molar refractivity (Wildman–Crippen MR) is 68.8 cm³/mol. The lowest BCUT2D eigenvalue weighted by molar-refractivity contribution is 0.178. The molecule has 0 saturated heterocycles. The molecule has 0 heterocycles. The Kier molecular flexibility index (Phi) is 5.57. The Morgan fingerprint density at radius 1 is 1.13 bits per heavy atom. The molecule has 2 atom stereocenters. The number of benzene rings is 1. The minimum atomic E-state index is -0.185. The zero-order valence-corrected chi connectivity index (χ0v) is 12.3. The Labute approximate surface area is 111 Å². The van der Waals surface area contributed by atoms with E-state index in [-0.39, 0.29) is 10.0 Å². The van der Waals surface area contributed by atoms with Crippen LogP contribution >= 0.6 is 43.5 Å².